The molecule has 41 heavy (non-hydrogen) atoms. The predicted octanol–water partition coefficient (Wildman–Crippen LogP) is 1.47. The third kappa shape index (κ3) is 2.85. The lowest BCUT2D eigenvalue weighted by Crippen LogP contribution is -2.83. The zero-order valence-corrected chi connectivity index (χ0v) is 23.9. The molecule has 4 saturated carbocycles. The molecular formula is C30H38O11. The molecule has 0 radical (unpaired) electrons. The Kier molecular flexibility index (Phi) is 5.50. The summed E-state index contributed by atoms with van der Waals surface area (Å²) in [6.07, 6.45) is -2.60. The van der Waals surface area contributed by atoms with Crippen molar-refractivity contribution in [3.8, 4) is 0 Å². The fourth-order valence-corrected chi connectivity index (χ4v) is 11.0. The van der Waals surface area contributed by atoms with Crippen LogP contribution in [-0.2, 0) is 33.3 Å². The van der Waals surface area contributed by atoms with Crippen LogP contribution >= 0.6 is 0 Å². The van der Waals surface area contributed by atoms with Crippen LogP contribution in [0.2, 0.25) is 0 Å². The zero-order valence-electron chi connectivity index (χ0n) is 23.9. The molecule has 1 aromatic heterocycles. The molecule has 11 heteroatoms. The molecule has 2 bridgehead atoms. The number of ketones is 1. The summed E-state index contributed by atoms with van der Waals surface area (Å²) in [6, 6.07) is 1.83. The van der Waals surface area contributed by atoms with Crippen LogP contribution < -0.4 is 0 Å². The summed E-state index contributed by atoms with van der Waals surface area (Å²) < 4.78 is 29.5. The molecule has 3 heterocycles. The van der Waals surface area contributed by atoms with E-state index in [2.05, 4.69) is 0 Å². The van der Waals surface area contributed by atoms with E-state index in [0.29, 0.717) is 6.42 Å². The minimum atomic E-state index is -1.58. The monoisotopic (exact) mass is 574 g/mol. The maximum absolute atomic E-state index is 15.0. The van der Waals surface area contributed by atoms with Crippen molar-refractivity contribution in [3.63, 3.8) is 0 Å². The van der Waals surface area contributed by atoms with Gasteiger partial charge in [-0.25, -0.2) is 0 Å². The minimum absolute atomic E-state index is 0.00746. The quantitative estimate of drug-likeness (QED) is 0.354. The van der Waals surface area contributed by atoms with Gasteiger partial charge < -0.3 is 38.7 Å². The van der Waals surface area contributed by atoms with E-state index in [4.69, 9.17) is 23.4 Å². The largest absolute Gasteiger partial charge is 0.472 e. The minimum Gasteiger partial charge on any atom is -0.472 e. The van der Waals surface area contributed by atoms with E-state index < -0.39 is 87.5 Å². The van der Waals surface area contributed by atoms with E-state index in [1.807, 2.05) is 26.8 Å². The smallest absolute Gasteiger partial charge is 0.303 e. The SMILES string of the molecule is CC(=O)O[C@@H]1C[C@H](O)[C@]23[C@H](O)OC[C@@]1(C)[C@H]2C[C@@H](O)[C@]1(C)[C@H]3C(=O)[C@H](OC(C)=O)[C@@]2(C)[C@H](c3ccoc3)C[C@H]3O[C@]321. The van der Waals surface area contributed by atoms with Crippen molar-refractivity contribution >= 4 is 17.7 Å². The molecule has 3 N–H and O–H groups in total. The first kappa shape index (κ1) is 27.5. The normalized spacial score (nSPS) is 54.7. The summed E-state index contributed by atoms with van der Waals surface area (Å²) in [7, 11) is 0. The average molecular weight is 575 g/mol. The van der Waals surface area contributed by atoms with Crippen molar-refractivity contribution in [2.45, 2.75) is 102 Å². The Labute approximate surface area is 237 Å². The summed E-state index contributed by atoms with van der Waals surface area (Å²) in [5.41, 5.74) is -5.13. The van der Waals surface area contributed by atoms with Gasteiger partial charge in [0, 0.05) is 42.9 Å². The van der Waals surface area contributed by atoms with Crippen molar-refractivity contribution in [1.29, 1.82) is 0 Å². The lowest BCUT2D eigenvalue weighted by Gasteiger charge is -2.73. The lowest BCUT2D eigenvalue weighted by molar-refractivity contribution is -0.383. The molecule has 224 valence electrons. The van der Waals surface area contributed by atoms with Crippen LogP contribution in [0.5, 0.6) is 0 Å². The number of carbonyl (C=O) groups excluding carboxylic acids is 3. The van der Waals surface area contributed by atoms with E-state index in [1.54, 1.807) is 12.5 Å². The van der Waals surface area contributed by atoms with E-state index in [9.17, 15) is 24.9 Å². The number of epoxide rings is 1. The number of carbonyl (C=O) groups is 3. The van der Waals surface area contributed by atoms with Crippen LogP contribution in [0, 0.1) is 33.5 Å². The first-order valence-electron chi connectivity index (χ1n) is 14.5. The standard InChI is InChI=1S/C30H38O11/c1-13(31)39-20-10-19(34)29-17(26(20,3)12-38-25(29)36)9-18(33)28(5)23(29)22(35)24(40-14(2)32)27(4)16(15-6-7-37-11-15)8-21-30(27,28)41-21/h6-7,11,16-21,23-25,33-34,36H,8-10,12H2,1-5H3/t16-,17+,18+,19-,20+,21+,23+,24-,25+,26-,27+,28+,29+,30+/m0/s1. The molecule has 4 aliphatic carbocycles. The molecule has 1 aromatic rings. The van der Waals surface area contributed by atoms with Gasteiger partial charge in [-0.05, 0) is 30.4 Å². The van der Waals surface area contributed by atoms with Gasteiger partial charge in [-0.1, -0.05) is 20.8 Å². The van der Waals surface area contributed by atoms with E-state index in [-0.39, 0.29) is 31.5 Å². The number of Topliss-reactive ketones (excluding diaryl/α,β-unsaturated/α-hetero) is 1. The van der Waals surface area contributed by atoms with Crippen LogP contribution in [0.1, 0.15) is 65.4 Å². The van der Waals surface area contributed by atoms with Gasteiger partial charge in [0.2, 0.25) is 0 Å². The third-order valence-electron chi connectivity index (χ3n) is 12.5. The van der Waals surface area contributed by atoms with Gasteiger partial charge in [-0.15, -0.1) is 0 Å². The fraction of sp³-hybridized carbons (Fsp3) is 0.767. The second-order valence-electron chi connectivity index (χ2n) is 13.9. The van der Waals surface area contributed by atoms with Gasteiger partial charge in [-0.2, -0.15) is 0 Å². The summed E-state index contributed by atoms with van der Waals surface area (Å²) in [5.74, 6) is -3.79. The van der Waals surface area contributed by atoms with Crippen molar-refractivity contribution in [3.05, 3.63) is 24.2 Å². The van der Waals surface area contributed by atoms with Gasteiger partial charge >= 0.3 is 11.9 Å². The first-order valence-corrected chi connectivity index (χ1v) is 14.5. The molecule has 2 aliphatic heterocycles. The maximum atomic E-state index is 15.0. The maximum Gasteiger partial charge on any atom is 0.303 e. The van der Waals surface area contributed by atoms with Gasteiger partial charge in [0.1, 0.15) is 11.7 Å². The number of aliphatic hydroxyl groups is 3. The number of hydrogen-bond acceptors (Lipinski definition) is 11. The van der Waals surface area contributed by atoms with Crippen molar-refractivity contribution < 1.29 is 53.1 Å². The highest BCUT2D eigenvalue weighted by atomic mass is 16.6. The molecule has 0 amide bonds. The summed E-state index contributed by atoms with van der Waals surface area (Å²) >= 11 is 0. The molecule has 2 saturated heterocycles. The summed E-state index contributed by atoms with van der Waals surface area (Å²) in [6.45, 7) is 8.09. The van der Waals surface area contributed by atoms with E-state index in [0.717, 1.165) is 5.56 Å². The highest BCUT2D eigenvalue weighted by molar-refractivity contribution is 5.93. The molecule has 6 aliphatic rings. The predicted molar refractivity (Wildman–Crippen MR) is 137 cm³/mol. The summed E-state index contributed by atoms with van der Waals surface area (Å²) in [4.78, 5) is 39.7. The number of hydrogen-bond donors (Lipinski definition) is 3. The Balaban J connectivity index is 1.45. The van der Waals surface area contributed by atoms with Crippen LogP contribution in [0.25, 0.3) is 0 Å². The number of ether oxygens (including phenoxy) is 4. The number of fused-ring (bicyclic) bond motifs is 1. The van der Waals surface area contributed by atoms with Gasteiger partial charge in [0.15, 0.2) is 18.2 Å². The van der Waals surface area contributed by atoms with Crippen molar-refractivity contribution in [2.75, 3.05) is 6.61 Å². The second kappa shape index (κ2) is 8.19. The molecule has 0 aromatic carbocycles. The molecule has 1 spiro atoms. The molecule has 14 atom stereocenters. The Morgan fingerprint density at radius 2 is 1.68 bits per heavy atom. The number of rotatable bonds is 3. The Bertz CT molecular complexity index is 1310. The Morgan fingerprint density at radius 1 is 0.976 bits per heavy atom. The Hall–Kier alpha value is -2.31. The van der Waals surface area contributed by atoms with E-state index in [1.165, 1.54) is 13.8 Å². The number of furan rings is 1. The van der Waals surface area contributed by atoms with Crippen LogP contribution in [0.15, 0.2) is 23.0 Å². The highest BCUT2D eigenvalue weighted by Crippen LogP contribution is 2.83. The first-order chi connectivity index (χ1) is 19.2. The van der Waals surface area contributed by atoms with E-state index >= 15 is 4.79 Å². The zero-order chi connectivity index (χ0) is 29.5. The molecule has 6 fully saturated rings. The van der Waals surface area contributed by atoms with Crippen molar-refractivity contribution in [1.82, 2.24) is 0 Å². The van der Waals surface area contributed by atoms with Crippen LogP contribution in [0.3, 0.4) is 0 Å². The van der Waals surface area contributed by atoms with Crippen molar-refractivity contribution in [2.24, 2.45) is 33.5 Å². The molecular weight excluding hydrogens is 536 g/mol. The van der Waals surface area contributed by atoms with Gasteiger partial charge in [0.25, 0.3) is 0 Å². The van der Waals surface area contributed by atoms with Crippen LogP contribution in [-0.4, -0.2) is 82.1 Å². The second-order valence-corrected chi connectivity index (χ2v) is 13.9. The Morgan fingerprint density at radius 3 is 2.32 bits per heavy atom. The molecule has 7 rings (SSSR count). The topological polar surface area (TPSA) is 165 Å². The van der Waals surface area contributed by atoms with Crippen LogP contribution in [0.4, 0.5) is 0 Å². The molecule has 11 nitrogen and oxygen atoms in total. The summed E-state index contributed by atoms with van der Waals surface area (Å²) in [5, 5.41) is 35.9. The average Bonchev–Trinajstić information content (AvgIpc) is 3.25. The highest BCUT2D eigenvalue weighted by Gasteiger charge is 2.93. The van der Waals surface area contributed by atoms with Gasteiger partial charge in [-0.3, -0.25) is 14.4 Å². The number of esters is 2. The number of aliphatic hydroxyl groups excluding tert-OH is 3. The third-order valence-corrected chi connectivity index (χ3v) is 12.5. The molecule has 0 unspecified atom stereocenters. The fourth-order valence-electron chi connectivity index (χ4n) is 11.0. The lowest BCUT2D eigenvalue weighted by atomic mass is 9.33. The van der Waals surface area contributed by atoms with Gasteiger partial charge in [0.05, 0.1) is 48.3 Å².